The van der Waals surface area contributed by atoms with Crippen molar-refractivity contribution in [2.45, 2.75) is 20.2 Å². The molecule has 1 aromatic carbocycles. The lowest BCUT2D eigenvalue weighted by atomic mass is 10.1. The van der Waals surface area contributed by atoms with Crippen LogP contribution in [0.2, 0.25) is 0 Å². The molecule has 3 rings (SSSR count). The maximum Gasteiger partial charge on any atom is 0.228 e. The molecule has 0 N–H and O–H groups in total. The summed E-state index contributed by atoms with van der Waals surface area (Å²) < 4.78 is 90.5. The van der Waals surface area contributed by atoms with Crippen molar-refractivity contribution in [2.24, 2.45) is 0 Å². The summed E-state index contributed by atoms with van der Waals surface area (Å²) in [6, 6.07) is -3.21. The molecule has 0 aliphatic heterocycles. The standard InChI is InChI=1S/C19H21N3O/c1-13-5-8-15(9-6-13)19-16(11-18(23)21(3)4)22-12-14(2)7-10-17(22)20-19/h5-10,12H,11H2,1-4H3/i2D3,5D,6D,7D,8D,9D,10D,11D,12D. The Morgan fingerprint density at radius 2 is 1.96 bits per heavy atom. The molecular weight excluding hydrogens is 286 g/mol. The van der Waals surface area contributed by atoms with Crippen molar-refractivity contribution in [3.05, 3.63) is 59.2 Å². The lowest BCUT2D eigenvalue weighted by Crippen LogP contribution is -2.24. The molecule has 0 spiro atoms. The molecule has 0 fully saturated rings. The van der Waals surface area contributed by atoms with E-state index in [1.54, 1.807) is 0 Å². The Hall–Kier alpha value is -2.62. The molecule has 4 nitrogen and oxygen atoms in total. The van der Waals surface area contributed by atoms with Crippen molar-refractivity contribution >= 4 is 11.6 Å². The van der Waals surface area contributed by atoms with E-state index in [-0.39, 0.29) is 34.6 Å². The number of rotatable bonds is 3. The van der Waals surface area contributed by atoms with E-state index in [0.29, 0.717) is 0 Å². The number of carbonyl (C=O) groups is 1. The summed E-state index contributed by atoms with van der Waals surface area (Å²) in [5, 5.41) is 0. The fourth-order valence-electron chi connectivity index (χ4n) is 1.94. The predicted molar refractivity (Wildman–Crippen MR) is 92.5 cm³/mol. The van der Waals surface area contributed by atoms with Crippen LogP contribution in [0.4, 0.5) is 0 Å². The molecule has 0 saturated carbocycles. The first kappa shape index (κ1) is 6.87. The summed E-state index contributed by atoms with van der Waals surface area (Å²) in [7, 11) is 2.75. The molecule has 0 aliphatic rings. The molecule has 1 amide bonds. The van der Waals surface area contributed by atoms with Crippen LogP contribution in [0.15, 0.2) is 42.4 Å². The summed E-state index contributed by atoms with van der Waals surface area (Å²) in [5.41, 5.74) is -2.23. The second-order valence-corrected chi connectivity index (χ2v) is 5.12. The van der Waals surface area contributed by atoms with Gasteiger partial charge < -0.3 is 9.30 Å². The number of amides is 1. The number of carbonyl (C=O) groups excluding carboxylic acids is 1. The second kappa shape index (κ2) is 5.88. The van der Waals surface area contributed by atoms with Crippen molar-refractivity contribution in [1.29, 1.82) is 0 Å². The third-order valence-corrected chi connectivity index (χ3v) is 3.12. The zero-order valence-corrected chi connectivity index (χ0v) is 12.8. The Morgan fingerprint density at radius 1 is 1.26 bits per heavy atom. The summed E-state index contributed by atoms with van der Waals surface area (Å²) in [6.45, 7) is -1.56. The monoisotopic (exact) mass is 318 g/mol. The number of nitrogens with zero attached hydrogens (tertiary/aromatic N) is 3. The molecule has 0 saturated heterocycles. The Morgan fingerprint density at radius 3 is 2.61 bits per heavy atom. The molecule has 3 aromatic rings. The molecule has 0 radical (unpaired) electrons. The number of likely N-dealkylation sites (N-methyl/N-ethyl adjacent to an activating group) is 1. The highest BCUT2D eigenvalue weighted by Crippen LogP contribution is 2.26. The Labute approximate surface area is 151 Å². The van der Waals surface area contributed by atoms with Crippen LogP contribution in [-0.2, 0) is 11.2 Å². The van der Waals surface area contributed by atoms with Crippen molar-refractivity contribution < 1.29 is 19.9 Å². The molecule has 118 valence electrons. The van der Waals surface area contributed by atoms with Gasteiger partial charge in [0, 0.05) is 31.3 Å². The van der Waals surface area contributed by atoms with Gasteiger partial charge >= 0.3 is 0 Å². The van der Waals surface area contributed by atoms with Crippen LogP contribution in [0.3, 0.4) is 0 Å². The summed E-state index contributed by atoms with van der Waals surface area (Å²) in [6.07, 6.45) is -2.59. The van der Waals surface area contributed by atoms with E-state index in [1.807, 2.05) is 0 Å². The third-order valence-electron chi connectivity index (χ3n) is 3.12. The maximum atomic E-state index is 12.7. The quantitative estimate of drug-likeness (QED) is 0.743. The summed E-state index contributed by atoms with van der Waals surface area (Å²) >= 11 is 0. The van der Waals surface area contributed by atoms with Gasteiger partial charge in [-0.05, 0) is 25.4 Å². The normalized spacial score (nSPS) is 19.7. The predicted octanol–water partition coefficient (Wildman–Crippen LogP) is 3.25. The van der Waals surface area contributed by atoms with Crippen molar-refractivity contribution in [2.75, 3.05) is 14.1 Å². The van der Waals surface area contributed by atoms with Gasteiger partial charge in [0.2, 0.25) is 5.91 Å². The first-order valence-corrected chi connectivity index (χ1v) is 6.77. The Kier molecular flexibility index (Phi) is 1.76. The number of fused-ring (bicyclic) bond motifs is 1. The summed E-state index contributed by atoms with van der Waals surface area (Å²) in [5.74, 6) is -0.790. The Balaban J connectivity index is 2.63. The SMILES string of the molecule is [2H]c1c([2H])c(-c2nc3c([2H])c([2H])c(C([2H])([2H])[2H])c([2H])n3c2C([2H])C(=O)N(C)C)c([2H])c([2H])c1C. The zero-order chi connectivity index (χ0) is 26.0. The minimum atomic E-state index is -2.96. The highest BCUT2D eigenvalue weighted by atomic mass is 16.2. The number of aromatic nitrogens is 2. The van der Waals surface area contributed by atoms with Crippen LogP contribution in [0.5, 0.6) is 0 Å². The molecule has 1 atom stereocenters. The van der Waals surface area contributed by atoms with Crippen LogP contribution in [0.25, 0.3) is 16.9 Å². The minimum Gasteiger partial charge on any atom is -0.348 e. The largest absolute Gasteiger partial charge is 0.348 e. The summed E-state index contributed by atoms with van der Waals surface area (Å²) in [4.78, 5) is 18.0. The fourth-order valence-corrected chi connectivity index (χ4v) is 1.94. The average Bonchev–Trinajstić information content (AvgIpc) is 3.13. The highest BCUT2D eigenvalue weighted by molar-refractivity contribution is 5.81. The van der Waals surface area contributed by atoms with Crippen LogP contribution < -0.4 is 0 Å². The van der Waals surface area contributed by atoms with Gasteiger partial charge in [0.05, 0.1) is 27.4 Å². The van der Waals surface area contributed by atoms with E-state index in [2.05, 4.69) is 4.98 Å². The second-order valence-electron chi connectivity index (χ2n) is 5.12. The van der Waals surface area contributed by atoms with Crippen LogP contribution >= 0.6 is 0 Å². The molecule has 0 aliphatic carbocycles. The van der Waals surface area contributed by atoms with E-state index in [1.165, 1.54) is 21.0 Å². The van der Waals surface area contributed by atoms with E-state index in [4.69, 9.17) is 15.1 Å². The maximum absolute atomic E-state index is 12.7. The van der Waals surface area contributed by atoms with Crippen LogP contribution in [0.1, 0.15) is 31.9 Å². The van der Waals surface area contributed by atoms with E-state index in [9.17, 15) is 4.79 Å². The van der Waals surface area contributed by atoms with Crippen molar-refractivity contribution in [1.82, 2.24) is 14.3 Å². The molecule has 1 unspecified atom stereocenters. The van der Waals surface area contributed by atoms with Gasteiger partial charge in [0.15, 0.2) is 0 Å². The van der Waals surface area contributed by atoms with Gasteiger partial charge in [0.1, 0.15) is 5.65 Å². The van der Waals surface area contributed by atoms with Crippen LogP contribution in [0, 0.1) is 13.8 Å². The van der Waals surface area contributed by atoms with Gasteiger partial charge in [0.25, 0.3) is 0 Å². The smallest absolute Gasteiger partial charge is 0.228 e. The third kappa shape index (κ3) is 2.97. The van der Waals surface area contributed by atoms with Gasteiger partial charge in [-0.2, -0.15) is 0 Å². The van der Waals surface area contributed by atoms with Gasteiger partial charge in [-0.25, -0.2) is 4.98 Å². The first-order chi connectivity index (χ1) is 15.5. The van der Waals surface area contributed by atoms with Crippen molar-refractivity contribution in [3.63, 3.8) is 0 Å². The molecule has 4 heteroatoms. The number of benzene rings is 1. The van der Waals surface area contributed by atoms with Crippen molar-refractivity contribution in [3.8, 4) is 11.3 Å². The minimum absolute atomic E-state index is 0.0661. The molecule has 0 bridgehead atoms. The van der Waals surface area contributed by atoms with E-state index < -0.39 is 60.7 Å². The zero-order valence-electron chi connectivity index (χ0n) is 23.8. The highest BCUT2D eigenvalue weighted by Gasteiger charge is 2.18. The van der Waals surface area contributed by atoms with Gasteiger partial charge in [-0.15, -0.1) is 0 Å². The number of hydrogen-bond donors (Lipinski definition) is 0. The van der Waals surface area contributed by atoms with Gasteiger partial charge in [-0.1, -0.05) is 35.8 Å². The Bertz CT molecular complexity index is 1320. The van der Waals surface area contributed by atoms with Crippen LogP contribution in [-0.4, -0.2) is 34.3 Å². The molecule has 2 heterocycles. The topological polar surface area (TPSA) is 37.6 Å². The molecule has 2 aromatic heterocycles. The molecule has 23 heavy (non-hydrogen) atoms. The van der Waals surface area contributed by atoms with E-state index in [0.717, 1.165) is 9.30 Å². The fraction of sp³-hybridized carbons (Fsp3) is 0.263. The van der Waals surface area contributed by atoms with Gasteiger partial charge in [-0.3, -0.25) is 4.79 Å². The number of pyridine rings is 1. The molecular formula is C19H21N3O. The lowest BCUT2D eigenvalue weighted by molar-refractivity contribution is -0.128. The average molecular weight is 318 g/mol. The van der Waals surface area contributed by atoms with E-state index >= 15 is 0 Å². The number of hydrogen-bond acceptors (Lipinski definition) is 2. The lowest BCUT2D eigenvalue weighted by Gasteiger charge is -2.11. The number of imidazole rings is 1. The first-order valence-electron chi connectivity index (χ1n) is 12.3.